The van der Waals surface area contributed by atoms with Crippen LogP contribution in [0, 0.1) is 0 Å². The largest absolute Gasteiger partial charge is 0.342 e. The molecule has 1 saturated carbocycles. The first-order chi connectivity index (χ1) is 8.39. The van der Waals surface area contributed by atoms with Crippen molar-refractivity contribution in [1.29, 1.82) is 0 Å². The van der Waals surface area contributed by atoms with Crippen LogP contribution in [0.25, 0.3) is 11.0 Å². The van der Waals surface area contributed by atoms with Crippen LogP contribution in [-0.4, -0.2) is 20.6 Å². The lowest BCUT2D eigenvalue weighted by molar-refractivity contribution is 0.228. The summed E-state index contributed by atoms with van der Waals surface area (Å²) in [7, 11) is 0. The third-order valence-corrected chi connectivity index (χ3v) is 4.04. The zero-order valence-electron chi connectivity index (χ0n) is 9.67. The summed E-state index contributed by atoms with van der Waals surface area (Å²) in [5.74, 6) is 0. The van der Waals surface area contributed by atoms with E-state index in [0.29, 0.717) is 0 Å². The molecule has 2 aromatic rings. The van der Waals surface area contributed by atoms with E-state index < -0.39 is 0 Å². The topological polar surface area (TPSA) is 43.2 Å². The van der Waals surface area contributed by atoms with E-state index >= 15 is 0 Å². The first-order valence-corrected chi connectivity index (χ1v) is 6.37. The number of rotatable bonds is 1. The second-order valence-corrected chi connectivity index (χ2v) is 5.12. The molecule has 1 aromatic carbocycles. The monoisotopic (exact) mass is 229 g/mol. The van der Waals surface area contributed by atoms with Crippen LogP contribution < -0.4 is 0 Å². The molecule has 4 nitrogen and oxygen atoms in total. The molecule has 1 spiro atoms. The lowest BCUT2D eigenvalue weighted by Gasteiger charge is -2.17. The number of fused-ring (bicyclic) bond motifs is 1. The van der Waals surface area contributed by atoms with Gasteiger partial charge in [0.05, 0.1) is 5.52 Å². The number of para-hydroxylation sites is 1. The van der Waals surface area contributed by atoms with E-state index in [-0.39, 0.29) is 11.8 Å². The van der Waals surface area contributed by atoms with Crippen molar-refractivity contribution >= 4 is 11.0 Å². The first-order valence-electron chi connectivity index (χ1n) is 6.37. The fourth-order valence-corrected chi connectivity index (χ4v) is 3.04. The fraction of sp³-hybridized carbons (Fsp3) is 0.538. The number of hydrogen-bond donors (Lipinski definition) is 0. The second-order valence-electron chi connectivity index (χ2n) is 5.12. The van der Waals surface area contributed by atoms with Crippen LogP contribution in [0.3, 0.4) is 0 Å². The van der Waals surface area contributed by atoms with E-state index in [1.807, 2.05) is 22.9 Å². The summed E-state index contributed by atoms with van der Waals surface area (Å²) in [4.78, 5) is 0. The zero-order chi connectivity index (χ0) is 11.3. The van der Waals surface area contributed by atoms with Crippen LogP contribution in [-0.2, 0) is 4.74 Å². The van der Waals surface area contributed by atoms with Crippen molar-refractivity contribution in [1.82, 2.24) is 15.0 Å². The minimum absolute atomic E-state index is 0.0781. The zero-order valence-corrected chi connectivity index (χ0v) is 9.67. The van der Waals surface area contributed by atoms with Gasteiger partial charge < -0.3 is 4.74 Å². The standard InChI is InChI=1S/C13H15N3O/c1-4-8-13(9-5-1)12(17-13)16-11-7-3-2-6-10(11)14-15-16/h2-3,6-7,12H,1,4-5,8-9H2. The number of hydrogen-bond acceptors (Lipinski definition) is 3. The number of nitrogens with zero attached hydrogens (tertiary/aromatic N) is 3. The lowest BCUT2D eigenvalue weighted by atomic mass is 9.88. The summed E-state index contributed by atoms with van der Waals surface area (Å²) >= 11 is 0. The Morgan fingerprint density at radius 2 is 2.00 bits per heavy atom. The Morgan fingerprint density at radius 1 is 1.18 bits per heavy atom. The molecule has 88 valence electrons. The molecule has 0 bridgehead atoms. The van der Waals surface area contributed by atoms with E-state index in [2.05, 4.69) is 16.4 Å². The van der Waals surface area contributed by atoms with Crippen LogP contribution in [0.2, 0.25) is 0 Å². The maximum Gasteiger partial charge on any atom is 0.182 e. The number of benzene rings is 1. The molecule has 1 unspecified atom stereocenters. The molecule has 4 heteroatoms. The van der Waals surface area contributed by atoms with Gasteiger partial charge in [-0.1, -0.05) is 36.6 Å². The molecule has 2 heterocycles. The van der Waals surface area contributed by atoms with Gasteiger partial charge in [0.25, 0.3) is 0 Å². The van der Waals surface area contributed by atoms with E-state index in [1.54, 1.807) is 0 Å². The highest BCUT2D eigenvalue weighted by Gasteiger charge is 2.58. The van der Waals surface area contributed by atoms with E-state index in [1.165, 1.54) is 32.1 Å². The molecule has 1 aliphatic carbocycles. The molecule has 1 atom stereocenters. The van der Waals surface area contributed by atoms with Gasteiger partial charge >= 0.3 is 0 Å². The number of aromatic nitrogens is 3. The molecule has 0 radical (unpaired) electrons. The maximum atomic E-state index is 5.96. The van der Waals surface area contributed by atoms with Crippen molar-refractivity contribution in [2.24, 2.45) is 0 Å². The van der Waals surface area contributed by atoms with E-state index in [0.717, 1.165) is 11.0 Å². The van der Waals surface area contributed by atoms with Gasteiger partial charge in [0.15, 0.2) is 6.23 Å². The number of epoxide rings is 1. The average Bonchev–Trinajstić information content (AvgIpc) is 2.89. The van der Waals surface area contributed by atoms with Gasteiger partial charge in [0.1, 0.15) is 11.1 Å². The fourth-order valence-electron chi connectivity index (χ4n) is 3.04. The average molecular weight is 229 g/mol. The Labute approximate surface area is 99.6 Å². The van der Waals surface area contributed by atoms with Crippen LogP contribution in [0.1, 0.15) is 38.3 Å². The molecule has 17 heavy (non-hydrogen) atoms. The van der Waals surface area contributed by atoms with Crippen molar-refractivity contribution in [2.45, 2.75) is 43.9 Å². The summed E-state index contributed by atoms with van der Waals surface area (Å²) in [5, 5.41) is 8.44. The minimum Gasteiger partial charge on any atom is -0.342 e. The Kier molecular flexibility index (Phi) is 1.86. The van der Waals surface area contributed by atoms with Crippen molar-refractivity contribution in [3.05, 3.63) is 24.3 Å². The molecule has 2 fully saturated rings. The molecular formula is C13H15N3O. The highest BCUT2D eigenvalue weighted by molar-refractivity contribution is 5.74. The van der Waals surface area contributed by atoms with Gasteiger partial charge in [-0.15, -0.1) is 5.10 Å². The van der Waals surface area contributed by atoms with Gasteiger partial charge in [-0.25, -0.2) is 4.68 Å². The minimum atomic E-state index is 0.0781. The molecule has 1 aromatic heterocycles. The molecule has 1 saturated heterocycles. The lowest BCUT2D eigenvalue weighted by Crippen LogP contribution is -2.19. The summed E-state index contributed by atoms with van der Waals surface area (Å²) < 4.78 is 7.92. The van der Waals surface area contributed by atoms with Gasteiger partial charge in [-0.2, -0.15) is 0 Å². The van der Waals surface area contributed by atoms with E-state index in [9.17, 15) is 0 Å². The predicted octanol–water partition coefficient (Wildman–Crippen LogP) is 2.66. The summed E-state index contributed by atoms with van der Waals surface area (Å²) in [5.41, 5.74) is 2.11. The molecule has 0 N–H and O–H groups in total. The highest BCUT2D eigenvalue weighted by atomic mass is 16.6. The highest BCUT2D eigenvalue weighted by Crippen LogP contribution is 2.55. The van der Waals surface area contributed by atoms with Gasteiger partial charge in [0, 0.05) is 0 Å². The molecular weight excluding hydrogens is 214 g/mol. The smallest absolute Gasteiger partial charge is 0.182 e. The van der Waals surface area contributed by atoms with Crippen molar-refractivity contribution < 1.29 is 4.74 Å². The summed E-state index contributed by atoms with van der Waals surface area (Å²) in [6.07, 6.45) is 6.37. The van der Waals surface area contributed by atoms with Crippen LogP contribution >= 0.6 is 0 Å². The quantitative estimate of drug-likeness (QED) is 0.706. The van der Waals surface area contributed by atoms with Crippen LogP contribution in [0.5, 0.6) is 0 Å². The van der Waals surface area contributed by atoms with Crippen molar-refractivity contribution in [3.63, 3.8) is 0 Å². The summed E-state index contributed by atoms with van der Waals surface area (Å²) in [6.45, 7) is 0. The molecule has 1 aliphatic heterocycles. The SMILES string of the molecule is c1ccc2c(c1)nnn2C1OC12CCCCC2. The third-order valence-electron chi connectivity index (χ3n) is 4.04. The maximum absolute atomic E-state index is 5.96. The molecule has 0 amide bonds. The third kappa shape index (κ3) is 1.33. The normalized spacial score (nSPS) is 26.5. The van der Waals surface area contributed by atoms with Gasteiger partial charge in [-0.3, -0.25) is 0 Å². The van der Waals surface area contributed by atoms with Crippen LogP contribution in [0.15, 0.2) is 24.3 Å². The Morgan fingerprint density at radius 3 is 2.88 bits per heavy atom. The van der Waals surface area contributed by atoms with Crippen LogP contribution in [0.4, 0.5) is 0 Å². The van der Waals surface area contributed by atoms with Crippen molar-refractivity contribution in [2.75, 3.05) is 0 Å². The first kappa shape index (κ1) is 9.59. The molecule has 2 aliphatic rings. The number of ether oxygens (including phenoxy) is 1. The molecule has 4 rings (SSSR count). The Balaban J connectivity index is 1.72. The second kappa shape index (κ2) is 3.29. The van der Waals surface area contributed by atoms with Gasteiger partial charge in [0.2, 0.25) is 0 Å². The summed E-state index contributed by atoms with van der Waals surface area (Å²) in [6, 6.07) is 8.08. The Bertz CT molecular complexity index is 557. The predicted molar refractivity (Wildman–Crippen MR) is 63.5 cm³/mol. The van der Waals surface area contributed by atoms with Gasteiger partial charge in [-0.05, 0) is 25.0 Å². The van der Waals surface area contributed by atoms with E-state index in [4.69, 9.17) is 4.74 Å². The Hall–Kier alpha value is -1.42. The van der Waals surface area contributed by atoms with Crippen molar-refractivity contribution in [3.8, 4) is 0 Å².